The molecule has 2 aromatic carbocycles. The molecule has 1 aromatic heterocycles. The first kappa shape index (κ1) is 19.3. The number of benzene rings is 2. The zero-order chi connectivity index (χ0) is 21.7. The smallest absolute Gasteiger partial charge is 0.335 e. The lowest BCUT2D eigenvalue weighted by Gasteiger charge is -2.33. The minimum Gasteiger partial charge on any atom is -0.494 e. The number of fused-ring (bicyclic) bond motifs is 2. The highest BCUT2D eigenvalue weighted by molar-refractivity contribution is 5.63. The zero-order valence-corrected chi connectivity index (χ0v) is 17.1. The second kappa shape index (κ2) is 7.21. The van der Waals surface area contributed by atoms with Crippen molar-refractivity contribution in [3.05, 3.63) is 73.9 Å². The van der Waals surface area contributed by atoms with Gasteiger partial charge in [0.15, 0.2) is 17.5 Å². The summed E-state index contributed by atoms with van der Waals surface area (Å²) in [6.45, 7) is 0.802. The van der Waals surface area contributed by atoms with Crippen LogP contribution in [0.15, 0.2) is 46.0 Å². The predicted octanol–water partition coefficient (Wildman–Crippen LogP) is 0.129. The van der Waals surface area contributed by atoms with Gasteiger partial charge in [-0.2, -0.15) is 0 Å². The van der Waals surface area contributed by atoms with Crippen molar-refractivity contribution >= 4 is 0 Å². The van der Waals surface area contributed by atoms with Crippen LogP contribution in [0.5, 0.6) is 23.1 Å². The topological polar surface area (TPSA) is 107 Å². The fourth-order valence-electron chi connectivity index (χ4n) is 4.53. The molecular formula is C22H22N3O6+. The molecule has 0 bridgehead atoms. The Morgan fingerprint density at radius 2 is 1.97 bits per heavy atom. The lowest BCUT2D eigenvalue weighted by Crippen LogP contribution is -3.10. The van der Waals surface area contributed by atoms with Crippen molar-refractivity contribution in [2.75, 3.05) is 27.5 Å². The maximum absolute atomic E-state index is 13.0. The van der Waals surface area contributed by atoms with E-state index in [0.717, 1.165) is 27.0 Å². The maximum atomic E-state index is 13.0. The van der Waals surface area contributed by atoms with Gasteiger partial charge < -0.3 is 24.2 Å². The van der Waals surface area contributed by atoms with Gasteiger partial charge in [0.1, 0.15) is 5.56 Å². The van der Waals surface area contributed by atoms with Crippen molar-refractivity contribution in [3.8, 4) is 28.8 Å². The number of nitrogens with zero attached hydrogens (tertiary/aromatic N) is 1. The van der Waals surface area contributed by atoms with Crippen molar-refractivity contribution in [3.63, 3.8) is 0 Å². The predicted molar refractivity (Wildman–Crippen MR) is 111 cm³/mol. The molecule has 0 amide bonds. The van der Waals surface area contributed by atoms with Crippen molar-refractivity contribution in [2.24, 2.45) is 0 Å². The standard InChI is InChI=1S/C22H21N3O6/c1-24-9-8-12-10-14-18(31-11-30-14)19(29-2)15(12)17(24)16-20(26)23-22(28)25(21(16)27)13-6-4-3-5-7-13/h3-7,10,17,27H,8-9,11H2,1-2H3,(H,23,26,28)/p+1/t17-/m0/s1. The fraction of sp³-hybridized carbons (Fsp3) is 0.273. The van der Waals surface area contributed by atoms with Crippen LogP contribution >= 0.6 is 0 Å². The maximum Gasteiger partial charge on any atom is 0.335 e. The van der Waals surface area contributed by atoms with Gasteiger partial charge in [0.25, 0.3) is 5.56 Å². The van der Waals surface area contributed by atoms with Crippen LogP contribution in [0.25, 0.3) is 5.69 Å². The van der Waals surface area contributed by atoms with Gasteiger partial charge in [-0.25, -0.2) is 9.36 Å². The number of aromatic amines is 1. The van der Waals surface area contributed by atoms with E-state index in [1.807, 2.05) is 13.1 Å². The largest absolute Gasteiger partial charge is 0.494 e. The van der Waals surface area contributed by atoms with Crippen LogP contribution in [0.3, 0.4) is 0 Å². The lowest BCUT2D eigenvalue weighted by molar-refractivity contribution is -0.908. The molecule has 2 aliphatic rings. The molecule has 2 atom stereocenters. The summed E-state index contributed by atoms with van der Waals surface area (Å²) >= 11 is 0. The van der Waals surface area contributed by atoms with E-state index in [-0.39, 0.29) is 12.4 Å². The third-order valence-electron chi connectivity index (χ3n) is 5.94. The number of ether oxygens (including phenoxy) is 3. The lowest BCUT2D eigenvalue weighted by atomic mass is 9.87. The Bertz CT molecular complexity index is 1280. The zero-order valence-electron chi connectivity index (χ0n) is 17.1. The first-order valence-corrected chi connectivity index (χ1v) is 9.96. The summed E-state index contributed by atoms with van der Waals surface area (Å²) in [6.07, 6.45) is 0.738. The van der Waals surface area contributed by atoms with E-state index in [4.69, 9.17) is 14.2 Å². The number of rotatable bonds is 3. The highest BCUT2D eigenvalue weighted by Crippen LogP contribution is 2.48. The third kappa shape index (κ3) is 2.89. The first-order valence-electron chi connectivity index (χ1n) is 9.96. The molecule has 160 valence electrons. The number of hydrogen-bond donors (Lipinski definition) is 3. The van der Waals surface area contributed by atoms with E-state index in [1.165, 1.54) is 7.11 Å². The normalized spacial score (nSPS) is 19.2. The van der Waals surface area contributed by atoms with Gasteiger partial charge in [0.2, 0.25) is 18.4 Å². The molecule has 0 spiro atoms. The number of likely N-dealkylation sites (N-methyl/N-ethyl adjacent to an activating group) is 1. The Kier molecular flexibility index (Phi) is 4.48. The summed E-state index contributed by atoms with van der Waals surface area (Å²) in [5.74, 6) is 1.16. The second-order valence-corrected chi connectivity index (χ2v) is 7.66. The van der Waals surface area contributed by atoms with Crippen LogP contribution in [0, 0.1) is 0 Å². The van der Waals surface area contributed by atoms with E-state index in [0.29, 0.717) is 29.5 Å². The second-order valence-electron chi connectivity index (χ2n) is 7.66. The molecule has 31 heavy (non-hydrogen) atoms. The summed E-state index contributed by atoms with van der Waals surface area (Å²) in [5, 5.41) is 11.2. The molecule has 9 nitrogen and oxygen atoms in total. The van der Waals surface area contributed by atoms with Gasteiger partial charge in [-0.15, -0.1) is 0 Å². The Morgan fingerprint density at radius 1 is 1.19 bits per heavy atom. The van der Waals surface area contributed by atoms with E-state index in [1.54, 1.807) is 30.3 Å². The molecule has 0 saturated heterocycles. The number of aromatic nitrogens is 2. The molecule has 0 saturated carbocycles. The van der Waals surface area contributed by atoms with Crippen LogP contribution in [0.2, 0.25) is 0 Å². The summed E-state index contributed by atoms with van der Waals surface area (Å²) < 4.78 is 18.0. The van der Waals surface area contributed by atoms with Crippen LogP contribution in [0.4, 0.5) is 0 Å². The van der Waals surface area contributed by atoms with Crippen LogP contribution < -0.4 is 30.4 Å². The first-order chi connectivity index (χ1) is 15.0. The van der Waals surface area contributed by atoms with Gasteiger partial charge in [-0.1, -0.05) is 18.2 Å². The van der Waals surface area contributed by atoms with Crippen molar-refractivity contribution < 1.29 is 24.2 Å². The van der Waals surface area contributed by atoms with Crippen molar-refractivity contribution in [1.82, 2.24) is 9.55 Å². The molecule has 1 unspecified atom stereocenters. The summed E-state index contributed by atoms with van der Waals surface area (Å²) in [6, 6.07) is 10.0. The highest BCUT2D eigenvalue weighted by atomic mass is 16.7. The number of quaternary nitrogens is 1. The van der Waals surface area contributed by atoms with Gasteiger partial charge >= 0.3 is 5.69 Å². The van der Waals surface area contributed by atoms with Crippen molar-refractivity contribution in [1.29, 1.82) is 0 Å². The Morgan fingerprint density at radius 3 is 2.71 bits per heavy atom. The average molecular weight is 424 g/mol. The van der Waals surface area contributed by atoms with Gasteiger partial charge in [-0.05, 0) is 23.8 Å². The van der Waals surface area contributed by atoms with E-state index >= 15 is 0 Å². The quantitative estimate of drug-likeness (QED) is 0.552. The molecular weight excluding hydrogens is 402 g/mol. The number of methoxy groups -OCH3 is 1. The number of aromatic hydroxyl groups is 1. The number of hydrogen-bond acceptors (Lipinski definition) is 6. The number of H-pyrrole nitrogens is 1. The summed E-state index contributed by atoms with van der Waals surface area (Å²) in [7, 11) is 3.47. The monoisotopic (exact) mass is 424 g/mol. The molecule has 2 aliphatic heterocycles. The number of para-hydroxylation sites is 1. The van der Waals surface area contributed by atoms with Gasteiger partial charge in [0, 0.05) is 6.42 Å². The Hall–Kier alpha value is -3.72. The third-order valence-corrected chi connectivity index (χ3v) is 5.94. The summed E-state index contributed by atoms with van der Waals surface area (Å²) in [5.41, 5.74) is 0.908. The minimum absolute atomic E-state index is 0.0899. The fourth-order valence-corrected chi connectivity index (χ4v) is 4.53. The molecule has 0 aliphatic carbocycles. The molecule has 3 N–H and O–H groups in total. The highest BCUT2D eigenvalue weighted by Gasteiger charge is 2.41. The van der Waals surface area contributed by atoms with Crippen LogP contribution in [-0.2, 0) is 6.42 Å². The molecule has 0 fully saturated rings. The average Bonchev–Trinajstić information content (AvgIpc) is 3.22. The van der Waals surface area contributed by atoms with Gasteiger partial charge in [0.05, 0.1) is 32.0 Å². The Balaban J connectivity index is 1.80. The van der Waals surface area contributed by atoms with Crippen molar-refractivity contribution in [2.45, 2.75) is 12.5 Å². The molecule has 9 heteroatoms. The molecule has 0 radical (unpaired) electrons. The molecule has 5 rings (SSSR count). The van der Waals surface area contributed by atoms with E-state index in [9.17, 15) is 14.7 Å². The van der Waals surface area contributed by atoms with E-state index < -0.39 is 23.2 Å². The number of nitrogens with one attached hydrogen (secondary N) is 2. The molecule has 3 heterocycles. The summed E-state index contributed by atoms with van der Waals surface area (Å²) in [4.78, 5) is 28.9. The van der Waals surface area contributed by atoms with Crippen LogP contribution in [0.1, 0.15) is 22.7 Å². The van der Waals surface area contributed by atoms with Gasteiger partial charge in [-0.3, -0.25) is 9.78 Å². The molecule has 3 aromatic rings. The van der Waals surface area contributed by atoms with Crippen LogP contribution in [-0.4, -0.2) is 42.2 Å². The van der Waals surface area contributed by atoms with E-state index in [2.05, 4.69) is 4.98 Å². The SMILES string of the molecule is COc1c2c(cc3c1[C@@H](c1c(O)n(-c4ccccc4)c(=O)[nH]c1=O)[NH+](C)CC3)OCO2. The Labute approximate surface area is 177 Å². The minimum atomic E-state index is -0.705.